The van der Waals surface area contributed by atoms with Gasteiger partial charge in [0, 0.05) is 30.1 Å². The van der Waals surface area contributed by atoms with Gasteiger partial charge in [0.15, 0.2) is 0 Å². The van der Waals surface area contributed by atoms with Crippen LogP contribution in [0.15, 0.2) is 30.3 Å². The number of carbonyl (C=O) groups excluding carboxylic acids is 2. The molecule has 1 aliphatic rings. The highest BCUT2D eigenvalue weighted by atomic mass is 16.2. The Labute approximate surface area is 135 Å². The molecule has 1 aromatic carbocycles. The third-order valence-corrected chi connectivity index (χ3v) is 4.50. The third kappa shape index (κ3) is 3.90. The van der Waals surface area contributed by atoms with E-state index in [1.807, 2.05) is 6.07 Å². The summed E-state index contributed by atoms with van der Waals surface area (Å²) < 4.78 is 0. The number of piperidine rings is 1. The van der Waals surface area contributed by atoms with Crippen molar-refractivity contribution in [1.29, 1.82) is 0 Å². The number of hydrogen-bond donors (Lipinski definition) is 3. The molecular formula is C17H22N4O2. The minimum Gasteiger partial charge on any atom is -0.358 e. The largest absolute Gasteiger partial charge is 0.358 e. The Balaban J connectivity index is 1.50. The molecule has 2 heterocycles. The molecule has 0 radical (unpaired) electrons. The summed E-state index contributed by atoms with van der Waals surface area (Å²) in [6.07, 6.45) is 2.45. The fraction of sp³-hybridized carbons (Fsp3) is 0.412. The number of likely N-dealkylation sites (tertiary alicyclic amines) is 1. The number of imide groups is 1. The molecule has 3 rings (SSSR count). The van der Waals surface area contributed by atoms with Crippen LogP contribution in [0.2, 0.25) is 0 Å². The summed E-state index contributed by atoms with van der Waals surface area (Å²) in [5.41, 5.74) is 7.42. The zero-order valence-electron chi connectivity index (χ0n) is 13.0. The van der Waals surface area contributed by atoms with Crippen molar-refractivity contribution >= 4 is 22.8 Å². The van der Waals surface area contributed by atoms with E-state index in [9.17, 15) is 9.59 Å². The van der Waals surface area contributed by atoms with Gasteiger partial charge in [0.25, 0.3) is 0 Å². The average Bonchev–Trinajstić information content (AvgIpc) is 2.97. The number of nitrogens with two attached hydrogens (primary N) is 1. The van der Waals surface area contributed by atoms with Crippen molar-refractivity contribution in [2.24, 2.45) is 5.73 Å². The van der Waals surface area contributed by atoms with Crippen LogP contribution in [-0.2, 0) is 4.79 Å². The SMILES string of the molecule is NC(=O)NC(=O)CCN1CCC(c2cc3ccccc3[nH]2)CC1. The van der Waals surface area contributed by atoms with E-state index in [0.29, 0.717) is 18.9 Å². The Morgan fingerprint density at radius 3 is 2.70 bits per heavy atom. The number of nitrogens with zero attached hydrogens (tertiary/aromatic N) is 1. The second-order valence-electron chi connectivity index (χ2n) is 6.09. The van der Waals surface area contributed by atoms with Crippen LogP contribution in [0.3, 0.4) is 0 Å². The van der Waals surface area contributed by atoms with Crippen molar-refractivity contribution in [2.75, 3.05) is 19.6 Å². The maximum Gasteiger partial charge on any atom is 0.318 e. The summed E-state index contributed by atoms with van der Waals surface area (Å²) in [6, 6.07) is 9.79. The number of benzene rings is 1. The maximum atomic E-state index is 11.4. The van der Waals surface area contributed by atoms with Gasteiger partial charge in [-0.05, 0) is 43.5 Å². The van der Waals surface area contributed by atoms with Crippen LogP contribution >= 0.6 is 0 Å². The smallest absolute Gasteiger partial charge is 0.318 e. The Kier molecular flexibility index (Phi) is 4.62. The lowest BCUT2D eigenvalue weighted by atomic mass is 9.93. The van der Waals surface area contributed by atoms with Crippen molar-refractivity contribution < 1.29 is 9.59 Å². The Hall–Kier alpha value is -2.34. The molecule has 0 saturated carbocycles. The van der Waals surface area contributed by atoms with Crippen LogP contribution in [0, 0.1) is 0 Å². The van der Waals surface area contributed by atoms with Crippen molar-refractivity contribution in [3.8, 4) is 0 Å². The fourth-order valence-electron chi connectivity index (χ4n) is 3.24. The quantitative estimate of drug-likeness (QED) is 0.805. The first-order chi connectivity index (χ1) is 11.1. The van der Waals surface area contributed by atoms with E-state index in [0.717, 1.165) is 25.9 Å². The monoisotopic (exact) mass is 314 g/mol. The summed E-state index contributed by atoms with van der Waals surface area (Å²) in [5, 5.41) is 3.36. The van der Waals surface area contributed by atoms with Crippen molar-refractivity contribution in [3.63, 3.8) is 0 Å². The van der Waals surface area contributed by atoms with Crippen LogP contribution in [-0.4, -0.2) is 41.5 Å². The minimum absolute atomic E-state index is 0.306. The number of urea groups is 1. The highest BCUT2D eigenvalue weighted by molar-refractivity contribution is 5.93. The fourth-order valence-corrected chi connectivity index (χ4v) is 3.24. The Morgan fingerprint density at radius 1 is 1.26 bits per heavy atom. The summed E-state index contributed by atoms with van der Waals surface area (Å²) in [5.74, 6) is 0.230. The number of rotatable bonds is 4. The second kappa shape index (κ2) is 6.83. The number of primary amides is 1. The van der Waals surface area contributed by atoms with Crippen molar-refractivity contribution in [3.05, 3.63) is 36.0 Å². The second-order valence-corrected chi connectivity index (χ2v) is 6.09. The lowest BCUT2D eigenvalue weighted by molar-refractivity contribution is -0.120. The molecule has 4 N–H and O–H groups in total. The van der Waals surface area contributed by atoms with Gasteiger partial charge in [-0.2, -0.15) is 0 Å². The van der Waals surface area contributed by atoms with Crippen LogP contribution in [0.5, 0.6) is 0 Å². The molecular weight excluding hydrogens is 292 g/mol. The Morgan fingerprint density at radius 2 is 2.00 bits per heavy atom. The van der Waals surface area contributed by atoms with E-state index in [4.69, 9.17) is 5.73 Å². The van der Waals surface area contributed by atoms with Crippen LogP contribution < -0.4 is 11.1 Å². The molecule has 0 spiro atoms. The number of amides is 3. The summed E-state index contributed by atoms with van der Waals surface area (Å²) >= 11 is 0. The number of fused-ring (bicyclic) bond motifs is 1. The number of aromatic nitrogens is 1. The topological polar surface area (TPSA) is 91.2 Å². The molecule has 23 heavy (non-hydrogen) atoms. The predicted molar refractivity (Wildman–Crippen MR) is 89.1 cm³/mol. The number of aromatic amines is 1. The molecule has 0 atom stereocenters. The van der Waals surface area contributed by atoms with E-state index in [2.05, 4.69) is 39.5 Å². The molecule has 6 heteroatoms. The third-order valence-electron chi connectivity index (χ3n) is 4.50. The van der Waals surface area contributed by atoms with Crippen LogP contribution in [0.4, 0.5) is 4.79 Å². The molecule has 0 unspecified atom stereocenters. The molecule has 122 valence electrons. The highest BCUT2D eigenvalue weighted by Gasteiger charge is 2.22. The van der Waals surface area contributed by atoms with Crippen LogP contribution in [0.1, 0.15) is 30.9 Å². The van der Waals surface area contributed by atoms with Gasteiger partial charge in [-0.3, -0.25) is 10.1 Å². The first-order valence-corrected chi connectivity index (χ1v) is 8.01. The van der Waals surface area contributed by atoms with E-state index in [1.165, 1.54) is 16.6 Å². The van der Waals surface area contributed by atoms with E-state index in [-0.39, 0.29) is 5.91 Å². The first-order valence-electron chi connectivity index (χ1n) is 8.01. The molecule has 1 saturated heterocycles. The van der Waals surface area contributed by atoms with Gasteiger partial charge in [-0.25, -0.2) is 4.79 Å². The minimum atomic E-state index is -0.785. The van der Waals surface area contributed by atoms with E-state index >= 15 is 0 Å². The van der Waals surface area contributed by atoms with Crippen molar-refractivity contribution in [1.82, 2.24) is 15.2 Å². The van der Waals surface area contributed by atoms with Gasteiger partial charge in [0.1, 0.15) is 0 Å². The number of H-pyrrole nitrogens is 1. The van der Waals surface area contributed by atoms with Gasteiger partial charge in [0.05, 0.1) is 0 Å². The molecule has 1 aromatic heterocycles. The van der Waals surface area contributed by atoms with Gasteiger partial charge in [-0.15, -0.1) is 0 Å². The number of carbonyl (C=O) groups is 2. The standard InChI is InChI=1S/C17H22N4O2/c18-17(23)20-16(22)7-10-21-8-5-12(6-9-21)15-11-13-3-1-2-4-14(13)19-15/h1-4,11-12,19H,5-10H2,(H3,18,20,22,23). The maximum absolute atomic E-state index is 11.4. The normalized spacial score (nSPS) is 16.5. The number of nitrogens with one attached hydrogen (secondary N) is 2. The van der Waals surface area contributed by atoms with Gasteiger partial charge in [0.2, 0.25) is 5.91 Å². The molecule has 0 aliphatic carbocycles. The van der Waals surface area contributed by atoms with E-state index in [1.54, 1.807) is 0 Å². The first kappa shape index (κ1) is 15.6. The number of para-hydroxylation sites is 1. The molecule has 3 amide bonds. The van der Waals surface area contributed by atoms with Crippen molar-refractivity contribution in [2.45, 2.75) is 25.2 Å². The Bertz CT molecular complexity index is 668. The molecule has 6 nitrogen and oxygen atoms in total. The summed E-state index contributed by atoms with van der Waals surface area (Å²) in [6.45, 7) is 2.59. The predicted octanol–water partition coefficient (Wildman–Crippen LogP) is 1.93. The van der Waals surface area contributed by atoms with Crippen LogP contribution in [0.25, 0.3) is 10.9 Å². The van der Waals surface area contributed by atoms with Gasteiger partial charge < -0.3 is 15.6 Å². The molecule has 1 aliphatic heterocycles. The number of hydrogen-bond acceptors (Lipinski definition) is 3. The lowest BCUT2D eigenvalue weighted by Crippen LogP contribution is -2.39. The zero-order valence-corrected chi connectivity index (χ0v) is 13.0. The van der Waals surface area contributed by atoms with Gasteiger partial charge >= 0.3 is 6.03 Å². The lowest BCUT2D eigenvalue weighted by Gasteiger charge is -2.31. The van der Waals surface area contributed by atoms with E-state index < -0.39 is 6.03 Å². The highest BCUT2D eigenvalue weighted by Crippen LogP contribution is 2.29. The summed E-state index contributed by atoms with van der Waals surface area (Å²) in [4.78, 5) is 27.8. The zero-order chi connectivity index (χ0) is 16.2. The average molecular weight is 314 g/mol. The molecule has 0 bridgehead atoms. The molecule has 1 fully saturated rings. The summed E-state index contributed by atoms with van der Waals surface area (Å²) in [7, 11) is 0. The van der Waals surface area contributed by atoms with Gasteiger partial charge in [-0.1, -0.05) is 18.2 Å². The molecule has 2 aromatic rings.